The normalized spacial score (nSPS) is 15.1. The summed E-state index contributed by atoms with van der Waals surface area (Å²) < 4.78 is 0.756. The summed E-state index contributed by atoms with van der Waals surface area (Å²) in [5, 5.41) is 14.0. The van der Waals surface area contributed by atoms with Gasteiger partial charge in [-0.3, -0.25) is 10.1 Å². The number of hydrogen-bond donors (Lipinski definition) is 1. The molecule has 5 heteroatoms. The van der Waals surface area contributed by atoms with E-state index in [0.29, 0.717) is 11.6 Å². The number of rotatable bonds is 3. The highest BCUT2D eigenvalue weighted by molar-refractivity contribution is 9.10. The van der Waals surface area contributed by atoms with Gasteiger partial charge < -0.3 is 5.32 Å². The van der Waals surface area contributed by atoms with E-state index in [0.717, 1.165) is 10.2 Å². The Hall–Kier alpha value is -1.10. The van der Waals surface area contributed by atoms with Crippen LogP contribution in [0.3, 0.4) is 0 Å². The third kappa shape index (κ3) is 2.28. The molecule has 80 valence electrons. The predicted octanol–water partition coefficient (Wildman–Crippen LogP) is 3.24. The fourth-order valence-corrected chi connectivity index (χ4v) is 1.87. The standard InChI is InChI=1S/C10H11BrN2O2/c1-6-4-9(12-7-2-3-7)8(11)5-10(6)13(14)15/h4-5,7,12H,2-3H2,1H3. The first kappa shape index (κ1) is 10.4. The molecule has 1 fully saturated rings. The van der Waals surface area contributed by atoms with Crippen molar-refractivity contribution in [3.63, 3.8) is 0 Å². The maximum absolute atomic E-state index is 10.7. The molecule has 15 heavy (non-hydrogen) atoms. The largest absolute Gasteiger partial charge is 0.381 e. The maximum Gasteiger partial charge on any atom is 0.273 e. The van der Waals surface area contributed by atoms with Crippen LogP contribution in [-0.4, -0.2) is 11.0 Å². The second kappa shape index (κ2) is 3.81. The van der Waals surface area contributed by atoms with Gasteiger partial charge in [0.1, 0.15) is 0 Å². The lowest BCUT2D eigenvalue weighted by Crippen LogP contribution is -2.02. The Morgan fingerprint density at radius 2 is 2.20 bits per heavy atom. The Balaban J connectivity index is 2.32. The van der Waals surface area contributed by atoms with Gasteiger partial charge in [0.2, 0.25) is 0 Å². The van der Waals surface area contributed by atoms with Crippen molar-refractivity contribution in [3.8, 4) is 0 Å². The third-order valence-electron chi connectivity index (χ3n) is 2.42. The molecular formula is C10H11BrN2O2. The zero-order valence-corrected chi connectivity index (χ0v) is 9.87. The molecule has 1 N–H and O–H groups in total. The number of nitrogens with zero attached hydrogens (tertiary/aromatic N) is 1. The molecule has 0 atom stereocenters. The summed E-state index contributed by atoms with van der Waals surface area (Å²) in [5.74, 6) is 0. The van der Waals surface area contributed by atoms with Crippen LogP contribution < -0.4 is 5.32 Å². The quantitative estimate of drug-likeness (QED) is 0.678. The zero-order chi connectivity index (χ0) is 11.0. The van der Waals surface area contributed by atoms with Crippen LogP contribution in [0.15, 0.2) is 16.6 Å². The van der Waals surface area contributed by atoms with E-state index in [1.165, 1.54) is 12.8 Å². The Morgan fingerprint density at radius 1 is 1.53 bits per heavy atom. The molecule has 0 saturated heterocycles. The molecule has 1 saturated carbocycles. The summed E-state index contributed by atoms with van der Waals surface area (Å²) in [5.41, 5.74) is 1.79. The van der Waals surface area contributed by atoms with Crippen molar-refractivity contribution in [3.05, 3.63) is 32.3 Å². The number of nitro benzene ring substituents is 1. The summed E-state index contributed by atoms with van der Waals surface area (Å²) in [6.45, 7) is 1.75. The van der Waals surface area contributed by atoms with Crippen LogP contribution in [0.25, 0.3) is 0 Å². The molecule has 0 amide bonds. The van der Waals surface area contributed by atoms with Crippen molar-refractivity contribution in [1.29, 1.82) is 0 Å². The Kier molecular flexibility index (Phi) is 2.65. The highest BCUT2D eigenvalue weighted by Crippen LogP contribution is 2.34. The van der Waals surface area contributed by atoms with Gasteiger partial charge in [0, 0.05) is 27.8 Å². The van der Waals surface area contributed by atoms with Gasteiger partial charge in [0.05, 0.1) is 4.92 Å². The minimum Gasteiger partial charge on any atom is -0.381 e. The predicted molar refractivity (Wildman–Crippen MR) is 62.2 cm³/mol. The molecule has 1 aliphatic rings. The lowest BCUT2D eigenvalue weighted by atomic mass is 10.2. The van der Waals surface area contributed by atoms with Gasteiger partial charge >= 0.3 is 0 Å². The first-order valence-corrected chi connectivity index (χ1v) is 5.58. The lowest BCUT2D eigenvalue weighted by Gasteiger charge is -2.08. The Morgan fingerprint density at radius 3 is 2.73 bits per heavy atom. The number of halogens is 1. The van der Waals surface area contributed by atoms with Crippen molar-refractivity contribution < 1.29 is 4.92 Å². The van der Waals surface area contributed by atoms with Gasteiger partial charge in [-0.15, -0.1) is 0 Å². The minimum absolute atomic E-state index is 0.156. The van der Waals surface area contributed by atoms with E-state index < -0.39 is 0 Å². The van der Waals surface area contributed by atoms with E-state index in [1.54, 1.807) is 13.0 Å². The van der Waals surface area contributed by atoms with Crippen LogP contribution in [0, 0.1) is 17.0 Å². The SMILES string of the molecule is Cc1cc(NC2CC2)c(Br)cc1[N+](=O)[O-]. The average molecular weight is 271 g/mol. The lowest BCUT2D eigenvalue weighted by molar-refractivity contribution is -0.385. The summed E-state index contributed by atoms with van der Waals surface area (Å²) in [6.07, 6.45) is 2.37. The van der Waals surface area contributed by atoms with E-state index in [4.69, 9.17) is 0 Å². The maximum atomic E-state index is 10.7. The first-order chi connectivity index (χ1) is 7.08. The average Bonchev–Trinajstić information content (AvgIpc) is 2.94. The second-order valence-corrected chi connectivity index (χ2v) is 4.65. The Bertz CT molecular complexity index is 416. The van der Waals surface area contributed by atoms with Gasteiger partial charge in [-0.1, -0.05) is 0 Å². The first-order valence-electron chi connectivity index (χ1n) is 4.79. The van der Waals surface area contributed by atoms with E-state index in [1.807, 2.05) is 6.07 Å². The topological polar surface area (TPSA) is 55.2 Å². The highest BCUT2D eigenvalue weighted by Gasteiger charge is 2.23. The van der Waals surface area contributed by atoms with E-state index in [2.05, 4.69) is 21.2 Å². The smallest absolute Gasteiger partial charge is 0.273 e. The number of anilines is 1. The van der Waals surface area contributed by atoms with E-state index in [-0.39, 0.29) is 10.6 Å². The number of nitrogens with one attached hydrogen (secondary N) is 1. The summed E-state index contributed by atoms with van der Waals surface area (Å²) in [6, 6.07) is 3.92. The van der Waals surface area contributed by atoms with Gasteiger partial charge in [0.15, 0.2) is 0 Å². The molecule has 0 radical (unpaired) electrons. The number of aryl methyl sites for hydroxylation is 1. The van der Waals surface area contributed by atoms with E-state index in [9.17, 15) is 10.1 Å². The van der Waals surface area contributed by atoms with E-state index >= 15 is 0 Å². The molecule has 1 aliphatic carbocycles. The van der Waals surface area contributed by atoms with Crippen LogP contribution in [0.2, 0.25) is 0 Å². The molecule has 0 aliphatic heterocycles. The highest BCUT2D eigenvalue weighted by atomic mass is 79.9. The fraction of sp³-hybridized carbons (Fsp3) is 0.400. The molecule has 0 heterocycles. The number of benzene rings is 1. The van der Waals surface area contributed by atoms with Gasteiger partial charge in [-0.05, 0) is 41.8 Å². The van der Waals surface area contributed by atoms with Crippen molar-refractivity contribution in [2.45, 2.75) is 25.8 Å². The van der Waals surface area contributed by atoms with Crippen LogP contribution in [-0.2, 0) is 0 Å². The number of hydrogen-bond acceptors (Lipinski definition) is 3. The summed E-state index contributed by atoms with van der Waals surface area (Å²) in [4.78, 5) is 10.3. The zero-order valence-electron chi connectivity index (χ0n) is 8.29. The third-order valence-corrected chi connectivity index (χ3v) is 3.08. The van der Waals surface area contributed by atoms with Crippen LogP contribution in [0.1, 0.15) is 18.4 Å². The molecule has 1 aromatic carbocycles. The minimum atomic E-state index is -0.360. The van der Waals surface area contributed by atoms with Crippen LogP contribution in [0.5, 0.6) is 0 Å². The number of nitro groups is 1. The molecule has 0 unspecified atom stereocenters. The van der Waals surface area contributed by atoms with Crippen LogP contribution >= 0.6 is 15.9 Å². The summed E-state index contributed by atoms with van der Waals surface area (Å²) >= 11 is 3.34. The van der Waals surface area contributed by atoms with Gasteiger partial charge in [-0.2, -0.15) is 0 Å². The van der Waals surface area contributed by atoms with Crippen molar-refractivity contribution >= 4 is 27.3 Å². The van der Waals surface area contributed by atoms with Crippen molar-refractivity contribution in [2.24, 2.45) is 0 Å². The fourth-order valence-electron chi connectivity index (χ4n) is 1.43. The van der Waals surface area contributed by atoms with Gasteiger partial charge in [-0.25, -0.2) is 0 Å². The molecule has 2 rings (SSSR count). The molecular weight excluding hydrogens is 260 g/mol. The molecule has 4 nitrogen and oxygen atoms in total. The Labute approximate surface area is 96.0 Å². The van der Waals surface area contributed by atoms with Crippen molar-refractivity contribution in [1.82, 2.24) is 0 Å². The molecule has 0 bridgehead atoms. The van der Waals surface area contributed by atoms with Gasteiger partial charge in [0.25, 0.3) is 5.69 Å². The monoisotopic (exact) mass is 270 g/mol. The second-order valence-electron chi connectivity index (χ2n) is 3.79. The molecule has 0 spiro atoms. The van der Waals surface area contributed by atoms with Crippen LogP contribution in [0.4, 0.5) is 11.4 Å². The summed E-state index contributed by atoms with van der Waals surface area (Å²) in [7, 11) is 0. The van der Waals surface area contributed by atoms with Crippen molar-refractivity contribution in [2.75, 3.05) is 5.32 Å². The molecule has 0 aromatic heterocycles. The molecule has 1 aromatic rings.